The van der Waals surface area contributed by atoms with Crippen LogP contribution in [0.3, 0.4) is 0 Å². The third-order valence-corrected chi connectivity index (χ3v) is 3.79. The molecule has 1 aromatic rings. The Balaban J connectivity index is 1.91. The minimum absolute atomic E-state index is 0.00852. The van der Waals surface area contributed by atoms with Crippen LogP contribution in [0.4, 0.5) is 11.4 Å². The maximum atomic E-state index is 11.5. The molecule has 22 heavy (non-hydrogen) atoms. The average Bonchev–Trinajstić information content (AvgIpc) is 2.55. The highest BCUT2D eigenvalue weighted by molar-refractivity contribution is 5.92. The Labute approximate surface area is 129 Å². The number of amides is 1. The summed E-state index contributed by atoms with van der Waals surface area (Å²) in [5, 5.41) is 11.1. The molecule has 1 aromatic carbocycles. The van der Waals surface area contributed by atoms with Gasteiger partial charge in [0.25, 0.3) is 0 Å². The van der Waals surface area contributed by atoms with Crippen molar-refractivity contribution in [3.63, 3.8) is 0 Å². The Kier molecular flexibility index (Phi) is 5.37. The SMILES string of the molecule is COC(=O)C1CCN(c2ccc(NC(=O)CC#N)cc2)CC1. The van der Waals surface area contributed by atoms with Gasteiger partial charge in [-0.3, -0.25) is 9.59 Å². The number of rotatable bonds is 4. The molecule has 6 heteroatoms. The second kappa shape index (κ2) is 7.46. The van der Waals surface area contributed by atoms with Crippen molar-refractivity contribution in [3.05, 3.63) is 24.3 Å². The molecule has 1 aliphatic heterocycles. The van der Waals surface area contributed by atoms with Crippen molar-refractivity contribution in [2.24, 2.45) is 5.92 Å². The van der Waals surface area contributed by atoms with Crippen LogP contribution in [0.5, 0.6) is 0 Å². The van der Waals surface area contributed by atoms with Crippen molar-refractivity contribution in [1.82, 2.24) is 0 Å². The molecule has 1 saturated heterocycles. The van der Waals surface area contributed by atoms with E-state index in [0.29, 0.717) is 5.69 Å². The number of methoxy groups -OCH3 is 1. The lowest BCUT2D eigenvalue weighted by atomic mass is 9.96. The molecule has 0 saturated carbocycles. The molecule has 0 spiro atoms. The summed E-state index contributed by atoms with van der Waals surface area (Å²) < 4.78 is 4.78. The molecule has 0 radical (unpaired) electrons. The predicted octanol–water partition coefficient (Wildman–Crippen LogP) is 1.93. The van der Waals surface area contributed by atoms with Gasteiger partial charge in [0, 0.05) is 24.5 Å². The van der Waals surface area contributed by atoms with Crippen LogP contribution in [0.15, 0.2) is 24.3 Å². The Morgan fingerprint density at radius 1 is 1.32 bits per heavy atom. The zero-order valence-electron chi connectivity index (χ0n) is 12.5. The normalized spacial score (nSPS) is 15.0. The van der Waals surface area contributed by atoms with Gasteiger partial charge >= 0.3 is 5.97 Å². The number of hydrogen-bond acceptors (Lipinski definition) is 5. The van der Waals surface area contributed by atoms with Crippen LogP contribution < -0.4 is 10.2 Å². The average molecular weight is 301 g/mol. The molecule has 0 atom stereocenters. The van der Waals surface area contributed by atoms with Crippen molar-refractivity contribution in [2.75, 3.05) is 30.4 Å². The number of ether oxygens (including phenoxy) is 1. The van der Waals surface area contributed by atoms with Crippen LogP contribution in [-0.4, -0.2) is 32.1 Å². The first-order valence-electron chi connectivity index (χ1n) is 7.23. The highest BCUT2D eigenvalue weighted by Gasteiger charge is 2.25. The van der Waals surface area contributed by atoms with E-state index in [4.69, 9.17) is 10.00 Å². The van der Waals surface area contributed by atoms with E-state index in [-0.39, 0.29) is 24.2 Å². The van der Waals surface area contributed by atoms with Crippen LogP contribution >= 0.6 is 0 Å². The van der Waals surface area contributed by atoms with Gasteiger partial charge in [-0.1, -0.05) is 0 Å². The number of nitriles is 1. The lowest BCUT2D eigenvalue weighted by Gasteiger charge is -2.32. The summed E-state index contributed by atoms with van der Waals surface area (Å²) in [5.41, 5.74) is 1.73. The summed E-state index contributed by atoms with van der Waals surface area (Å²) in [4.78, 5) is 25.1. The Hall–Kier alpha value is -2.55. The van der Waals surface area contributed by atoms with E-state index in [1.807, 2.05) is 30.3 Å². The molecule has 1 fully saturated rings. The van der Waals surface area contributed by atoms with E-state index in [0.717, 1.165) is 31.6 Å². The first kappa shape index (κ1) is 15.8. The fourth-order valence-electron chi connectivity index (χ4n) is 2.57. The van der Waals surface area contributed by atoms with E-state index in [1.165, 1.54) is 7.11 Å². The third-order valence-electron chi connectivity index (χ3n) is 3.79. The van der Waals surface area contributed by atoms with Crippen molar-refractivity contribution in [2.45, 2.75) is 19.3 Å². The molecule has 1 N–H and O–H groups in total. The number of carbonyl (C=O) groups is 2. The second-order valence-corrected chi connectivity index (χ2v) is 5.21. The fraction of sp³-hybridized carbons (Fsp3) is 0.438. The number of esters is 1. The van der Waals surface area contributed by atoms with Crippen LogP contribution in [0.25, 0.3) is 0 Å². The van der Waals surface area contributed by atoms with Crippen LogP contribution in [0.2, 0.25) is 0 Å². The van der Waals surface area contributed by atoms with E-state index in [9.17, 15) is 9.59 Å². The van der Waals surface area contributed by atoms with Crippen molar-refractivity contribution in [3.8, 4) is 6.07 Å². The Morgan fingerprint density at radius 2 is 1.95 bits per heavy atom. The summed E-state index contributed by atoms with van der Waals surface area (Å²) >= 11 is 0. The van der Waals surface area contributed by atoms with E-state index >= 15 is 0 Å². The standard InChI is InChI=1S/C16H19N3O3/c1-22-16(21)12-7-10-19(11-8-12)14-4-2-13(3-5-14)18-15(20)6-9-17/h2-5,12H,6-8,10-11H2,1H3,(H,18,20). The number of nitrogens with zero attached hydrogens (tertiary/aromatic N) is 2. The summed E-state index contributed by atoms with van der Waals surface area (Å²) in [7, 11) is 1.42. The maximum absolute atomic E-state index is 11.5. The van der Waals surface area contributed by atoms with Gasteiger partial charge in [-0.25, -0.2) is 0 Å². The van der Waals surface area contributed by atoms with Gasteiger partial charge in [-0.05, 0) is 37.1 Å². The van der Waals surface area contributed by atoms with Crippen LogP contribution in [0, 0.1) is 17.2 Å². The van der Waals surface area contributed by atoms with E-state index in [2.05, 4.69) is 10.2 Å². The largest absolute Gasteiger partial charge is 0.469 e. The Morgan fingerprint density at radius 3 is 2.50 bits per heavy atom. The first-order valence-corrected chi connectivity index (χ1v) is 7.23. The quantitative estimate of drug-likeness (QED) is 0.859. The minimum Gasteiger partial charge on any atom is -0.469 e. The molecule has 0 aromatic heterocycles. The lowest BCUT2D eigenvalue weighted by molar-refractivity contribution is -0.146. The fourth-order valence-corrected chi connectivity index (χ4v) is 2.57. The Bertz CT molecular complexity index is 569. The van der Waals surface area contributed by atoms with Gasteiger partial charge in [0.05, 0.1) is 19.1 Å². The molecule has 2 rings (SSSR count). The molecule has 0 bridgehead atoms. The number of piperidine rings is 1. The summed E-state index contributed by atoms with van der Waals surface area (Å²) in [6.07, 6.45) is 1.42. The highest BCUT2D eigenvalue weighted by atomic mass is 16.5. The number of anilines is 2. The number of carbonyl (C=O) groups excluding carboxylic acids is 2. The zero-order valence-corrected chi connectivity index (χ0v) is 12.5. The van der Waals surface area contributed by atoms with Crippen molar-refractivity contribution < 1.29 is 14.3 Å². The summed E-state index contributed by atoms with van der Waals surface area (Å²) in [5.74, 6) is -0.449. The third kappa shape index (κ3) is 3.98. The topological polar surface area (TPSA) is 82.4 Å². The molecule has 0 unspecified atom stereocenters. The number of benzene rings is 1. The number of hydrogen-bond donors (Lipinski definition) is 1. The monoisotopic (exact) mass is 301 g/mol. The van der Waals surface area contributed by atoms with Gasteiger partial charge in [0.1, 0.15) is 6.42 Å². The molecule has 1 aliphatic rings. The molecule has 116 valence electrons. The van der Waals surface area contributed by atoms with Crippen molar-refractivity contribution in [1.29, 1.82) is 5.26 Å². The first-order chi connectivity index (χ1) is 10.6. The minimum atomic E-state index is -0.311. The summed E-state index contributed by atoms with van der Waals surface area (Å²) in [6.45, 7) is 1.61. The van der Waals surface area contributed by atoms with Gasteiger partial charge in [0.2, 0.25) is 5.91 Å². The van der Waals surface area contributed by atoms with Crippen LogP contribution in [0.1, 0.15) is 19.3 Å². The smallest absolute Gasteiger partial charge is 0.308 e. The van der Waals surface area contributed by atoms with Gasteiger partial charge < -0.3 is 15.0 Å². The van der Waals surface area contributed by atoms with Gasteiger partial charge in [0.15, 0.2) is 0 Å². The van der Waals surface area contributed by atoms with Gasteiger partial charge in [-0.15, -0.1) is 0 Å². The lowest BCUT2D eigenvalue weighted by Crippen LogP contribution is -2.36. The summed E-state index contributed by atoms with van der Waals surface area (Å²) in [6, 6.07) is 9.31. The molecule has 6 nitrogen and oxygen atoms in total. The molecular formula is C16H19N3O3. The zero-order chi connectivity index (χ0) is 15.9. The van der Waals surface area contributed by atoms with E-state index < -0.39 is 0 Å². The van der Waals surface area contributed by atoms with E-state index in [1.54, 1.807) is 0 Å². The molecule has 1 heterocycles. The van der Waals surface area contributed by atoms with Crippen LogP contribution in [-0.2, 0) is 14.3 Å². The molecule has 1 amide bonds. The van der Waals surface area contributed by atoms with Gasteiger partial charge in [-0.2, -0.15) is 5.26 Å². The molecular weight excluding hydrogens is 282 g/mol. The maximum Gasteiger partial charge on any atom is 0.308 e. The van der Waals surface area contributed by atoms with Crippen molar-refractivity contribution >= 4 is 23.3 Å². The second-order valence-electron chi connectivity index (χ2n) is 5.21. The number of nitrogens with one attached hydrogen (secondary N) is 1. The molecule has 0 aliphatic carbocycles. The highest BCUT2D eigenvalue weighted by Crippen LogP contribution is 2.25. The predicted molar refractivity (Wildman–Crippen MR) is 82.3 cm³/mol.